The average molecular weight is 356 g/mol. The maximum Gasteiger partial charge on any atom is 0.303 e. The van der Waals surface area contributed by atoms with Gasteiger partial charge in [0.25, 0.3) is 0 Å². The molecule has 150 valence electrons. The van der Waals surface area contributed by atoms with E-state index in [0.29, 0.717) is 6.42 Å². The van der Waals surface area contributed by atoms with E-state index in [2.05, 4.69) is 12.2 Å². The van der Waals surface area contributed by atoms with Crippen LogP contribution in [0.4, 0.5) is 0 Å². The molecule has 0 atom stereocenters. The van der Waals surface area contributed by atoms with Crippen molar-refractivity contribution in [2.24, 2.45) is 0 Å². The van der Waals surface area contributed by atoms with Crippen molar-refractivity contribution in [2.45, 2.75) is 122 Å². The second-order valence-corrected chi connectivity index (χ2v) is 7.55. The van der Waals surface area contributed by atoms with Crippen LogP contribution in [-0.2, 0) is 4.79 Å². The number of aliphatic carboxylic acids is 1. The highest BCUT2D eigenvalue weighted by atomic mass is 16.4. The van der Waals surface area contributed by atoms with E-state index in [1.807, 2.05) is 0 Å². The molecule has 0 aliphatic carbocycles. The maximum atomic E-state index is 10.4. The molecule has 0 heterocycles. The lowest BCUT2D eigenvalue weighted by Crippen LogP contribution is -2.16. The molecule has 0 aliphatic rings. The smallest absolute Gasteiger partial charge is 0.303 e. The van der Waals surface area contributed by atoms with Gasteiger partial charge in [-0.1, -0.05) is 96.8 Å². The normalized spacial score (nSPS) is 11.1. The van der Waals surface area contributed by atoms with E-state index in [1.165, 1.54) is 109 Å². The van der Waals surface area contributed by atoms with Crippen molar-refractivity contribution in [1.82, 2.24) is 5.32 Å². The van der Waals surface area contributed by atoms with Crippen LogP contribution in [0.25, 0.3) is 0 Å². The summed E-state index contributed by atoms with van der Waals surface area (Å²) in [4.78, 5) is 10.4. The van der Waals surface area contributed by atoms with Crippen LogP contribution in [0.1, 0.15) is 122 Å². The summed E-state index contributed by atoms with van der Waals surface area (Å²) in [5, 5.41) is 12.1. The van der Waals surface area contributed by atoms with Gasteiger partial charge in [0.1, 0.15) is 0 Å². The summed E-state index contributed by atoms with van der Waals surface area (Å²) in [5.74, 6) is -0.654. The van der Waals surface area contributed by atoms with E-state index in [-0.39, 0.29) is 0 Å². The number of hydrogen-bond acceptors (Lipinski definition) is 2. The molecule has 0 saturated heterocycles. The predicted molar refractivity (Wildman–Crippen MR) is 109 cm³/mol. The van der Waals surface area contributed by atoms with E-state index < -0.39 is 5.97 Å². The van der Waals surface area contributed by atoms with Gasteiger partial charge in [-0.15, -0.1) is 0 Å². The van der Waals surface area contributed by atoms with Crippen LogP contribution < -0.4 is 5.32 Å². The van der Waals surface area contributed by atoms with Crippen LogP contribution in [-0.4, -0.2) is 24.2 Å². The van der Waals surface area contributed by atoms with Gasteiger partial charge in [-0.2, -0.15) is 0 Å². The number of unbranched alkanes of at least 4 members (excludes halogenated alkanes) is 15. The van der Waals surface area contributed by atoms with E-state index in [1.54, 1.807) is 0 Å². The number of carbonyl (C=O) groups is 1. The van der Waals surface area contributed by atoms with E-state index in [4.69, 9.17) is 5.11 Å². The molecule has 0 unspecified atom stereocenters. The number of carboxylic acid groups (broad SMARTS) is 1. The molecular weight excluding hydrogens is 310 g/mol. The highest BCUT2D eigenvalue weighted by Gasteiger charge is 1.97. The first kappa shape index (κ1) is 24.4. The molecule has 0 bridgehead atoms. The van der Waals surface area contributed by atoms with Gasteiger partial charge < -0.3 is 10.4 Å². The second kappa shape index (κ2) is 21.5. The molecule has 0 fully saturated rings. The average Bonchev–Trinajstić information content (AvgIpc) is 2.60. The maximum absolute atomic E-state index is 10.4. The summed E-state index contributed by atoms with van der Waals surface area (Å²) in [6.07, 6.45) is 22.6. The third-order valence-corrected chi connectivity index (χ3v) is 4.95. The largest absolute Gasteiger partial charge is 0.481 e. The number of hydrogen-bond donors (Lipinski definition) is 2. The molecular formula is C22H45NO2. The molecule has 0 aromatic carbocycles. The van der Waals surface area contributed by atoms with Crippen molar-refractivity contribution in [3.63, 3.8) is 0 Å². The van der Waals surface area contributed by atoms with Gasteiger partial charge in [-0.05, 0) is 32.4 Å². The lowest BCUT2D eigenvalue weighted by atomic mass is 10.0. The highest BCUT2D eigenvalue weighted by Crippen LogP contribution is 2.12. The zero-order chi connectivity index (χ0) is 18.4. The first-order valence-corrected chi connectivity index (χ1v) is 11.2. The molecule has 0 rings (SSSR count). The number of rotatable bonds is 21. The minimum absolute atomic E-state index is 0.342. The zero-order valence-electron chi connectivity index (χ0n) is 17.0. The Hall–Kier alpha value is -0.570. The Balaban J connectivity index is 2.97. The van der Waals surface area contributed by atoms with Crippen molar-refractivity contribution in [1.29, 1.82) is 0 Å². The predicted octanol–water partition coefficient (Wildman–Crippen LogP) is 6.70. The molecule has 25 heavy (non-hydrogen) atoms. The topological polar surface area (TPSA) is 49.3 Å². The van der Waals surface area contributed by atoms with Crippen LogP contribution in [0, 0.1) is 0 Å². The summed E-state index contributed by atoms with van der Waals surface area (Å²) in [6.45, 7) is 4.68. The van der Waals surface area contributed by atoms with Crippen molar-refractivity contribution < 1.29 is 9.90 Å². The van der Waals surface area contributed by atoms with Crippen LogP contribution in [0.15, 0.2) is 0 Å². The quantitative estimate of drug-likeness (QED) is 0.225. The minimum atomic E-state index is -0.654. The van der Waals surface area contributed by atoms with Crippen molar-refractivity contribution in [3.05, 3.63) is 0 Å². The molecule has 0 radical (unpaired) electrons. The molecule has 3 nitrogen and oxygen atoms in total. The van der Waals surface area contributed by atoms with Gasteiger partial charge in [-0.3, -0.25) is 4.79 Å². The molecule has 3 heteroatoms. The van der Waals surface area contributed by atoms with Crippen LogP contribution in [0.5, 0.6) is 0 Å². The van der Waals surface area contributed by atoms with Gasteiger partial charge in [0.15, 0.2) is 0 Å². The Morgan fingerprint density at radius 1 is 0.600 bits per heavy atom. The third-order valence-electron chi connectivity index (χ3n) is 4.95. The first-order chi connectivity index (χ1) is 12.3. The Bertz CT molecular complexity index is 269. The highest BCUT2D eigenvalue weighted by molar-refractivity contribution is 5.66. The molecule has 0 aliphatic heterocycles. The number of nitrogens with one attached hydrogen (secondary N) is 1. The fourth-order valence-electron chi connectivity index (χ4n) is 3.27. The van der Waals surface area contributed by atoms with E-state index in [9.17, 15) is 4.79 Å². The molecule has 0 aromatic heterocycles. The fraction of sp³-hybridized carbons (Fsp3) is 0.955. The van der Waals surface area contributed by atoms with Crippen molar-refractivity contribution in [3.8, 4) is 0 Å². The van der Waals surface area contributed by atoms with Crippen LogP contribution in [0.3, 0.4) is 0 Å². The summed E-state index contributed by atoms with van der Waals surface area (Å²) in [7, 11) is 0. The standard InChI is InChI=1S/C22H45NO2/c1-2-3-4-17-20-23-21-18-15-13-11-9-7-5-6-8-10-12-14-16-19-22(24)25/h23H,2-21H2,1H3,(H,24,25). The lowest BCUT2D eigenvalue weighted by molar-refractivity contribution is -0.137. The van der Waals surface area contributed by atoms with Crippen LogP contribution >= 0.6 is 0 Å². The fourth-order valence-corrected chi connectivity index (χ4v) is 3.27. The summed E-state index contributed by atoms with van der Waals surface area (Å²) in [5.41, 5.74) is 0. The zero-order valence-corrected chi connectivity index (χ0v) is 17.0. The molecule has 0 aromatic rings. The van der Waals surface area contributed by atoms with E-state index in [0.717, 1.165) is 12.8 Å². The first-order valence-electron chi connectivity index (χ1n) is 11.2. The summed E-state index contributed by atoms with van der Waals surface area (Å²) >= 11 is 0. The lowest BCUT2D eigenvalue weighted by Gasteiger charge is -2.05. The van der Waals surface area contributed by atoms with Crippen LogP contribution in [0.2, 0.25) is 0 Å². The second-order valence-electron chi connectivity index (χ2n) is 7.55. The van der Waals surface area contributed by atoms with Gasteiger partial charge in [0.2, 0.25) is 0 Å². The van der Waals surface area contributed by atoms with Crippen molar-refractivity contribution in [2.75, 3.05) is 13.1 Å². The summed E-state index contributed by atoms with van der Waals surface area (Å²) in [6, 6.07) is 0. The minimum Gasteiger partial charge on any atom is -0.481 e. The molecule has 0 saturated carbocycles. The number of carboxylic acids is 1. The summed E-state index contributed by atoms with van der Waals surface area (Å²) < 4.78 is 0. The van der Waals surface area contributed by atoms with Gasteiger partial charge in [-0.25, -0.2) is 0 Å². The van der Waals surface area contributed by atoms with Crippen molar-refractivity contribution >= 4 is 5.97 Å². The monoisotopic (exact) mass is 355 g/mol. The Morgan fingerprint density at radius 3 is 1.36 bits per heavy atom. The van der Waals surface area contributed by atoms with Gasteiger partial charge in [0, 0.05) is 6.42 Å². The molecule has 2 N–H and O–H groups in total. The molecule has 0 spiro atoms. The molecule has 0 amide bonds. The van der Waals surface area contributed by atoms with Gasteiger partial charge in [0.05, 0.1) is 0 Å². The Labute approximate surface area is 157 Å². The Kier molecular flexibility index (Phi) is 21.0. The third kappa shape index (κ3) is 23.4. The Morgan fingerprint density at radius 2 is 0.960 bits per heavy atom. The van der Waals surface area contributed by atoms with Gasteiger partial charge >= 0.3 is 5.97 Å². The van der Waals surface area contributed by atoms with E-state index >= 15 is 0 Å². The SMILES string of the molecule is CCCCCCNCCCCCCCCCCCCCCCC(=O)O.